The van der Waals surface area contributed by atoms with E-state index in [4.69, 9.17) is 11.6 Å². The number of hydrogen-bond donors (Lipinski definition) is 3. The zero-order valence-corrected chi connectivity index (χ0v) is 13.3. The lowest BCUT2D eigenvalue weighted by atomic mass is 9.92. The molecule has 2 aromatic rings. The van der Waals surface area contributed by atoms with E-state index >= 15 is 0 Å². The highest BCUT2D eigenvalue weighted by Gasteiger charge is 2.19. The number of aromatic hydroxyl groups is 1. The van der Waals surface area contributed by atoms with Gasteiger partial charge in [-0.2, -0.15) is 10.2 Å². The molecule has 0 bridgehead atoms. The molecular weight excluding hydrogens is 304 g/mol. The second-order valence-corrected chi connectivity index (χ2v) is 6.26. The lowest BCUT2D eigenvalue weighted by Crippen LogP contribution is -2.18. The molecule has 0 fully saturated rings. The highest BCUT2D eigenvalue weighted by molar-refractivity contribution is 6.30. The van der Waals surface area contributed by atoms with Crippen molar-refractivity contribution in [2.45, 2.75) is 26.2 Å². The Morgan fingerprint density at radius 3 is 2.77 bits per heavy atom. The number of benzene rings is 1. The molecule has 6 nitrogen and oxygen atoms in total. The molecule has 22 heavy (non-hydrogen) atoms. The van der Waals surface area contributed by atoms with Crippen LogP contribution in [0.25, 0.3) is 0 Å². The van der Waals surface area contributed by atoms with E-state index < -0.39 is 5.91 Å². The van der Waals surface area contributed by atoms with E-state index in [0.29, 0.717) is 10.6 Å². The van der Waals surface area contributed by atoms with Crippen LogP contribution in [0.1, 0.15) is 42.5 Å². The Bertz CT molecular complexity index is 717. The first-order chi connectivity index (χ1) is 10.3. The van der Waals surface area contributed by atoms with Crippen LogP contribution >= 0.6 is 11.6 Å². The van der Waals surface area contributed by atoms with Crippen molar-refractivity contribution < 1.29 is 9.90 Å². The van der Waals surface area contributed by atoms with Gasteiger partial charge in [0.2, 0.25) is 0 Å². The summed E-state index contributed by atoms with van der Waals surface area (Å²) in [5, 5.41) is 20.7. The fourth-order valence-electron chi connectivity index (χ4n) is 1.67. The predicted molar refractivity (Wildman–Crippen MR) is 85.5 cm³/mol. The van der Waals surface area contributed by atoms with Gasteiger partial charge >= 0.3 is 0 Å². The summed E-state index contributed by atoms with van der Waals surface area (Å²) >= 11 is 5.83. The third-order valence-corrected chi connectivity index (χ3v) is 3.21. The van der Waals surface area contributed by atoms with E-state index in [1.807, 2.05) is 20.8 Å². The van der Waals surface area contributed by atoms with E-state index in [-0.39, 0.29) is 16.9 Å². The molecular formula is C15H17ClN4O2. The molecule has 0 saturated carbocycles. The summed E-state index contributed by atoms with van der Waals surface area (Å²) in [6, 6.07) is 6.24. The molecule has 1 aromatic heterocycles. The summed E-state index contributed by atoms with van der Waals surface area (Å²) in [5.74, 6) is -0.415. The number of hydrogen-bond acceptors (Lipinski definition) is 4. The number of hydrazone groups is 1. The average Bonchev–Trinajstić information content (AvgIpc) is 2.92. The van der Waals surface area contributed by atoms with Crippen LogP contribution in [0.3, 0.4) is 0 Å². The molecule has 0 aliphatic heterocycles. The van der Waals surface area contributed by atoms with Crippen LogP contribution in [0.5, 0.6) is 5.75 Å². The molecule has 7 heteroatoms. The summed E-state index contributed by atoms with van der Waals surface area (Å²) in [6.07, 6.45) is 1.32. The first-order valence-electron chi connectivity index (χ1n) is 6.65. The Balaban J connectivity index is 2.05. The molecule has 0 aliphatic rings. The van der Waals surface area contributed by atoms with Crippen LogP contribution in [0.2, 0.25) is 5.02 Å². The summed E-state index contributed by atoms with van der Waals surface area (Å²) < 4.78 is 0. The SMILES string of the molecule is CC(C)(C)c1cc(C(=O)N/N=C/c2cc(Cl)ccc2O)n[nH]1. The summed E-state index contributed by atoms with van der Waals surface area (Å²) in [4.78, 5) is 11.9. The second kappa shape index (κ2) is 6.19. The van der Waals surface area contributed by atoms with E-state index in [9.17, 15) is 9.90 Å². The van der Waals surface area contributed by atoms with E-state index in [2.05, 4.69) is 20.7 Å². The number of H-pyrrole nitrogens is 1. The maximum absolute atomic E-state index is 11.9. The minimum atomic E-state index is -0.440. The van der Waals surface area contributed by atoms with Crippen molar-refractivity contribution in [3.8, 4) is 5.75 Å². The lowest BCUT2D eigenvalue weighted by Gasteiger charge is -2.14. The third-order valence-electron chi connectivity index (χ3n) is 2.98. The largest absolute Gasteiger partial charge is 0.507 e. The average molecular weight is 321 g/mol. The first-order valence-corrected chi connectivity index (χ1v) is 7.03. The van der Waals surface area contributed by atoms with Gasteiger partial charge in [0, 0.05) is 21.7 Å². The zero-order chi connectivity index (χ0) is 16.3. The highest BCUT2D eigenvalue weighted by Crippen LogP contribution is 2.20. The van der Waals surface area contributed by atoms with Gasteiger partial charge in [0.05, 0.1) is 6.21 Å². The van der Waals surface area contributed by atoms with E-state index in [0.717, 1.165) is 5.69 Å². The van der Waals surface area contributed by atoms with Crippen LogP contribution < -0.4 is 5.43 Å². The third kappa shape index (κ3) is 3.85. The van der Waals surface area contributed by atoms with Crippen molar-refractivity contribution in [3.05, 3.63) is 46.2 Å². The van der Waals surface area contributed by atoms with Crippen molar-refractivity contribution in [1.82, 2.24) is 15.6 Å². The van der Waals surface area contributed by atoms with Gasteiger partial charge in [0.25, 0.3) is 5.91 Å². The molecule has 0 saturated heterocycles. The minimum Gasteiger partial charge on any atom is -0.507 e. The number of carbonyl (C=O) groups excluding carboxylic acids is 1. The van der Waals surface area contributed by atoms with Gasteiger partial charge in [-0.05, 0) is 24.3 Å². The number of amides is 1. The van der Waals surface area contributed by atoms with Crippen LogP contribution in [0, 0.1) is 0 Å². The normalized spacial score (nSPS) is 11.8. The number of aromatic nitrogens is 2. The fourth-order valence-corrected chi connectivity index (χ4v) is 1.85. The van der Waals surface area contributed by atoms with Gasteiger partial charge in [0.15, 0.2) is 5.69 Å². The Hall–Kier alpha value is -2.34. The topological polar surface area (TPSA) is 90.4 Å². The van der Waals surface area contributed by atoms with Gasteiger partial charge in [-0.3, -0.25) is 9.89 Å². The minimum absolute atomic E-state index is 0.0252. The van der Waals surface area contributed by atoms with Gasteiger partial charge < -0.3 is 5.11 Å². The fraction of sp³-hybridized carbons (Fsp3) is 0.267. The van der Waals surface area contributed by atoms with E-state index in [1.54, 1.807) is 18.2 Å². The van der Waals surface area contributed by atoms with Gasteiger partial charge in [-0.1, -0.05) is 32.4 Å². The monoisotopic (exact) mass is 320 g/mol. The predicted octanol–water partition coefficient (Wildman–Crippen LogP) is 2.83. The van der Waals surface area contributed by atoms with Crippen molar-refractivity contribution in [2.24, 2.45) is 5.10 Å². The number of carbonyl (C=O) groups is 1. The molecule has 2 rings (SSSR count). The number of nitrogens with one attached hydrogen (secondary N) is 2. The number of phenolic OH excluding ortho intramolecular Hbond substituents is 1. The smallest absolute Gasteiger partial charge is 0.291 e. The molecule has 1 heterocycles. The standard InChI is InChI=1S/C15H17ClN4O2/c1-15(2,3)13-7-11(18-19-13)14(22)20-17-8-9-6-10(16)4-5-12(9)21/h4-8,21H,1-3H3,(H,18,19)(H,20,22)/b17-8+. The van der Waals surface area contributed by atoms with Gasteiger partial charge in [-0.15, -0.1) is 0 Å². The molecule has 116 valence electrons. The summed E-state index contributed by atoms with van der Waals surface area (Å²) in [7, 11) is 0. The van der Waals surface area contributed by atoms with Crippen LogP contribution in [-0.4, -0.2) is 27.4 Å². The molecule has 0 radical (unpaired) electrons. The maximum atomic E-state index is 11.9. The summed E-state index contributed by atoms with van der Waals surface area (Å²) in [5.41, 5.74) is 3.74. The van der Waals surface area contributed by atoms with Crippen molar-refractivity contribution in [1.29, 1.82) is 0 Å². The Morgan fingerprint density at radius 2 is 2.14 bits per heavy atom. The number of phenols is 1. The van der Waals surface area contributed by atoms with Gasteiger partial charge in [0.1, 0.15) is 5.75 Å². The number of halogens is 1. The van der Waals surface area contributed by atoms with Gasteiger partial charge in [-0.25, -0.2) is 5.43 Å². The quantitative estimate of drug-likeness (QED) is 0.600. The van der Waals surface area contributed by atoms with Crippen molar-refractivity contribution in [2.75, 3.05) is 0 Å². The van der Waals surface area contributed by atoms with Crippen LogP contribution in [-0.2, 0) is 5.41 Å². The molecule has 0 atom stereocenters. The number of rotatable bonds is 3. The Morgan fingerprint density at radius 1 is 1.41 bits per heavy atom. The van der Waals surface area contributed by atoms with Crippen molar-refractivity contribution in [3.63, 3.8) is 0 Å². The first kappa shape index (κ1) is 16.0. The second-order valence-electron chi connectivity index (χ2n) is 5.82. The maximum Gasteiger partial charge on any atom is 0.291 e. The molecule has 0 aliphatic carbocycles. The number of nitrogens with zero attached hydrogens (tertiary/aromatic N) is 2. The number of aromatic amines is 1. The lowest BCUT2D eigenvalue weighted by molar-refractivity contribution is 0.0950. The zero-order valence-electron chi connectivity index (χ0n) is 12.5. The summed E-state index contributed by atoms with van der Waals surface area (Å²) in [6.45, 7) is 6.05. The molecule has 1 amide bonds. The van der Waals surface area contributed by atoms with Crippen LogP contribution in [0.15, 0.2) is 29.4 Å². The molecule has 1 aromatic carbocycles. The molecule has 0 unspecified atom stereocenters. The van der Waals surface area contributed by atoms with Crippen LogP contribution in [0.4, 0.5) is 0 Å². The highest BCUT2D eigenvalue weighted by atomic mass is 35.5. The van der Waals surface area contributed by atoms with E-state index in [1.165, 1.54) is 12.3 Å². The molecule has 3 N–H and O–H groups in total. The Labute approximate surface area is 133 Å². The van der Waals surface area contributed by atoms with Crippen molar-refractivity contribution >= 4 is 23.7 Å². The Kier molecular flexibility index (Phi) is 4.51. The molecule has 0 spiro atoms.